The molecular weight excluding hydrogens is 671 g/mol. The monoisotopic (exact) mass is 705 g/mol. The van der Waals surface area contributed by atoms with Crippen LogP contribution in [0.25, 0.3) is 45.6 Å². The molecule has 0 saturated carbocycles. The van der Waals surface area contributed by atoms with Crippen LogP contribution >= 0.6 is 0 Å². The zero-order chi connectivity index (χ0) is 36.1. The van der Waals surface area contributed by atoms with Gasteiger partial charge in [-0.1, -0.05) is 66.7 Å². The third-order valence-corrected chi connectivity index (χ3v) is 9.12. The molecule has 0 unspecified atom stereocenters. The summed E-state index contributed by atoms with van der Waals surface area (Å²) in [6, 6.07) is 42.8. The van der Waals surface area contributed by atoms with Crippen LogP contribution in [0.4, 0.5) is 0 Å². The van der Waals surface area contributed by atoms with Gasteiger partial charge in [0.15, 0.2) is 0 Å². The van der Waals surface area contributed by atoms with Crippen molar-refractivity contribution in [3.8, 4) is 45.6 Å². The molecule has 262 valence electrons. The summed E-state index contributed by atoms with van der Waals surface area (Å²) in [4.78, 5) is 13.7. The van der Waals surface area contributed by atoms with Crippen molar-refractivity contribution in [1.82, 2.24) is 54.1 Å². The molecule has 0 aliphatic rings. The van der Waals surface area contributed by atoms with Gasteiger partial charge in [-0.2, -0.15) is 20.4 Å². The van der Waals surface area contributed by atoms with Crippen LogP contribution in [-0.2, 0) is 26.2 Å². The molecule has 9 aromatic rings. The van der Waals surface area contributed by atoms with Crippen molar-refractivity contribution in [3.63, 3.8) is 0 Å². The van der Waals surface area contributed by atoms with E-state index in [4.69, 9.17) is 15.2 Å². The Balaban J connectivity index is 0.801. The topological polar surface area (TPSA) is 110 Å². The highest BCUT2D eigenvalue weighted by atomic mass is 15.3. The van der Waals surface area contributed by atoms with Gasteiger partial charge in [0.05, 0.1) is 49.0 Å². The maximum atomic E-state index is 4.92. The fraction of sp³-hybridized carbons (Fsp3) is 0.0930. The van der Waals surface area contributed by atoms with E-state index in [1.807, 2.05) is 122 Å². The highest BCUT2D eigenvalue weighted by Crippen LogP contribution is 2.22. The minimum atomic E-state index is 0.660. The van der Waals surface area contributed by atoms with Crippen molar-refractivity contribution in [3.05, 3.63) is 187 Å². The van der Waals surface area contributed by atoms with E-state index in [1.54, 1.807) is 12.4 Å². The maximum Gasteiger partial charge on any atom is 0.111 e. The molecule has 11 nitrogen and oxygen atoms in total. The van der Waals surface area contributed by atoms with Gasteiger partial charge in [-0.25, -0.2) is 4.98 Å². The number of pyridine rings is 3. The fourth-order valence-electron chi connectivity index (χ4n) is 6.34. The standard InChI is InChI=1S/C43H35N11/c1-3-22-44-36(6-1)40-18-24-51(47-40)28-32-10-14-34(15-11-32)30-53-26-20-42(49-53)38-8-5-9-39(46-38)43-21-27-54(50-43)31-35-16-12-33(13-17-35)29-52-25-19-41(48-52)37-7-2-4-23-45-37/h1-27H,28-31H2. The van der Waals surface area contributed by atoms with Gasteiger partial charge in [-0.3, -0.25) is 28.7 Å². The van der Waals surface area contributed by atoms with Crippen LogP contribution in [0.15, 0.2) is 165 Å². The fourth-order valence-corrected chi connectivity index (χ4v) is 6.34. The first-order valence-electron chi connectivity index (χ1n) is 17.8. The van der Waals surface area contributed by atoms with E-state index >= 15 is 0 Å². The van der Waals surface area contributed by atoms with E-state index in [2.05, 4.69) is 68.7 Å². The molecule has 0 fully saturated rings. The lowest BCUT2D eigenvalue weighted by Gasteiger charge is -2.06. The summed E-state index contributed by atoms with van der Waals surface area (Å²) in [6.07, 6.45) is 11.5. The van der Waals surface area contributed by atoms with Crippen LogP contribution < -0.4 is 0 Å². The number of hydrogen-bond acceptors (Lipinski definition) is 7. The normalized spacial score (nSPS) is 11.3. The van der Waals surface area contributed by atoms with E-state index < -0.39 is 0 Å². The smallest absolute Gasteiger partial charge is 0.111 e. The molecule has 0 aliphatic carbocycles. The van der Waals surface area contributed by atoms with Crippen LogP contribution in [0, 0.1) is 0 Å². The average molecular weight is 706 g/mol. The molecule has 0 bridgehead atoms. The van der Waals surface area contributed by atoms with Gasteiger partial charge in [0.25, 0.3) is 0 Å². The van der Waals surface area contributed by atoms with Crippen LogP contribution in [-0.4, -0.2) is 54.1 Å². The minimum absolute atomic E-state index is 0.660. The average Bonchev–Trinajstić information content (AvgIpc) is 4.06. The second-order valence-electron chi connectivity index (χ2n) is 13.1. The molecule has 0 amide bonds. The Labute approximate surface area is 311 Å². The zero-order valence-corrected chi connectivity index (χ0v) is 29.3. The minimum Gasteiger partial charge on any atom is -0.268 e. The summed E-state index contributed by atoms with van der Waals surface area (Å²) in [5, 5.41) is 19.1. The summed E-state index contributed by atoms with van der Waals surface area (Å²) in [5.74, 6) is 0. The van der Waals surface area contributed by atoms with Gasteiger partial charge >= 0.3 is 0 Å². The van der Waals surface area contributed by atoms with Crippen molar-refractivity contribution in [1.29, 1.82) is 0 Å². The van der Waals surface area contributed by atoms with Gasteiger partial charge in [0, 0.05) is 37.2 Å². The molecule has 54 heavy (non-hydrogen) atoms. The Morgan fingerprint density at radius 1 is 0.296 bits per heavy atom. The van der Waals surface area contributed by atoms with Crippen LogP contribution in [0.3, 0.4) is 0 Å². The van der Waals surface area contributed by atoms with E-state index in [0.717, 1.165) is 56.7 Å². The molecule has 11 heteroatoms. The van der Waals surface area contributed by atoms with E-state index in [9.17, 15) is 0 Å². The molecule has 7 heterocycles. The number of hydrogen-bond donors (Lipinski definition) is 0. The molecule has 7 aromatic heterocycles. The number of benzene rings is 2. The molecule has 0 radical (unpaired) electrons. The SMILES string of the molecule is c1ccc(-c2ccn(Cc3ccc(Cn4ccc(-c5cccc(-c6ccn(Cc7ccc(Cn8ccc(-c9ccccn9)n8)cc7)n6)n5)n4)cc3)n2)nc1. The Bertz CT molecular complexity index is 2420. The lowest BCUT2D eigenvalue weighted by Crippen LogP contribution is -2.03. The number of nitrogens with zero attached hydrogens (tertiary/aromatic N) is 11. The van der Waals surface area contributed by atoms with Crippen LogP contribution in [0.5, 0.6) is 0 Å². The predicted molar refractivity (Wildman–Crippen MR) is 207 cm³/mol. The lowest BCUT2D eigenvalue weighted by molar-refractivity contribution is 0.680. The van der Waals surface area contributed by atoms with E-state index in [0.29, 0.717) is 26.2 Å². The highest BCUT2D eigenvalue weighted by molar-refractivity contribution is 5.61. The van der Waals surface area contributed by atoms with Gasteiger partial charge in [-0.05, 0) is 82.9 Å². The van der Waals surface area contributed by atoms with E-state index in [1.165, 1.54) is 11.1 Å². The van der Waals surface area contributed by atoms with Crippen molar-refractivity contribution in [2.45, 2.75) is 26.2 Å². The zero-order valence-electron chi connectivity index (χ0n) is 29.3. The molecule has 9 rings (SSSR count). The Morgan fingerprint density at radius 3 is 0.926 bits per heavy atom. The quantitative estimate of drug-likeness (QED) is 0.129. The first kappa shape index (κ1) is 32.6. The largest absolute Gasteiger partial charge is 0.268 e. The number of aromatic nitrogens is 11. The summed E-state index contributed by atoms with van der Waals surface area (Å²) in [5.41, 5.74) is 11.4. The van der Waals surface area contributed by atoms with Crippen LogP contribution in [0.2, 0.25) is 0 Å². The molecular formula is C43H35N11. The van der Waals surface area contributed by atoms with Gasteiger partial charge in [0.2, 0.25) is 0 Å². The summed E-state index contributed by atoms with van der Waals surface area (Å²) >= 11 is 0. The number of rotatable bonds is 12. The Hall–Kier alpha value is -7.27. The molecule has 0 aliphatic heterocycles. The summed E-state index contributed by atoms with van der Waals surface area (Å²) in [6.45, 7) is 2.70. The van der Waals surface area contributed by atoms with Gasteiger partial charge < -0.3 is 0 Å². The summed E-state index contributed by atoms with van der Waals surface area (Å²) in [7, 11) is 0. The first-order chi connectivity index (χ1) is 26.7. The van der Waals surface area contributed by atoms with Gasteiger partial charge in [0.1, 0.15) is 22.8 Å². The third kappa shape index (κ3) is 7.51. The second kappa shape index (κ2) is 14.8. The van der Waals surface area contributed by atoms with Crippen molar-refractivity contribution in [2.24, 2.45) is 0 Å². The third-order valence-electron chi connectivity index (χ3n) is 9.12. The molecule has 2 aromatic carbocycles. The molecule has 0 spiro atoms. The lowest BCUT2D eigenvalue weighted by atomic mass is 10.1. The Morgan fingerprint density at radius 2 is 0.611 bits per heavy atom. The van der Waals surface area contributed by atoms with E-state index in [-0.39, 0.29) is 0 Å². The van der Waals surface area contributed by atoms with Gasteiger partial charge in [-0.15, -0.1) is 0 Å². The summed E-state index contributed by atoms with van der Waals surface area (Å²) < 4.78 is 7.76. The van der Waals surface area contributed by atoms with Crippen LogP contribution in [0.1, 0.15) is 22.3 Å². The molecule has 0 atom stereocenters. The first-order valence-corrected chi connectivity index (χ1v) is 17.8. The predicted octanol–water partition coefficient (Wildman–Crippen LogP) is 7.52. The maximum absolute atomic E-state index is 4.92. The second-order valence-corrected chi connectivity index (χ2v) is 13.1. The molecule has 0 saturated heterocycles. The van der Waals surface area contributed by atoms with Crippen molar-refractivity contribution >= 4 is 0 Å². The Kier molecular flexibility index (Phi) is 8.92. The van der Waals surface area contributed by atoms with Crippen molar-refractivity contribution in [2.75, 3.05) is 0 Å². The molecule has 0 N–H and O–H groups in total. The van der Waals surface area contributed by atoms with Crippen molar-refractivity contribution < 1.29 is 0 Å². The highest BCUT2D eigenvalue weighted by Gasteiger charge is 2.11.